The molecule has 0 aromatic heterocycles. The largest absolute Gasteiger partial charge is 0.396 e. The van der Waals surface area contributed by atoms with Gasteiger partial charge in [0.15, 0.2) is 0 Å². The van der Waals surface area contributed by atoms with E-state index in [-0.39, 0.29) is 18.1 Å². The van der Waals surface area contributed by atoms with Gasteiger partial charge < -0.3 is 15.7 Å². The van der Waals surface area contributed by atoms with Crippen LogP contribution in [0.4, 0.5) is 10.5 Å². The predicted octanol–water partition coefficient (Wildman–Crippen LogP) is 2.54. The number of halogens is 1. The lowest BCUT2D eigenvalue weighted by Gasteiger charge is -2.14. The smallest absolute Gasteiger partial charge is 0.319 e. The standard InChI is InChI=1S/C13H17ClN2O2/c1-9-6-10(14)2-3-11(9)16-12(18)15-7-13(8-17)4-5-13/h2-3,6,17H,4-5,7-8H2,1H3,(H2,15,16,18). The van der Waals surface area contributed by atoms with Crippen LogP contribution in [0, 0.1) is 12.3 Å². The number of hydrogen-bond donors (Lipinski definition) is 3. The lowest BCUT2D eigenvalue weighted by Crippen LogP contribution is -2.35. The summed E-state index contributed by atoms with van der Waals surface area (Å²) in [5, 5.41) is 15.4. The maximum atomic E-state index is 11.7. The van der Waals surface area contributed by atoms with Crippen LogP contribution in [0.3, 0.4) is 0 Å². The summed E-state index contributed by atoms with van der Waals surface area (Å²) in [5.41, 5.74) is 1.58. The lowest BCUT2D eigenvalue weighted by atomic mass is 10.1. The molecule has 0 atom stereocenters. The van der Waals surface area contributed by atoms with E-state index in [2.05, 4.69) is 10.6 Å². The number of carbonyl (C=O) groups excluding carboxylic acids is 1. The van der Waals surface area contributed by atoms with Crippen LogP contribution in [-0.4, -0.2) is 24.3 Å². The molecule has 98 valence electrons. The molecule has 2 amide bonds. The van der Waals surface area contributed by atoms with Crippen LogP contribution in [0.1, 0.15) is 18.4 Å². The molecule has 1 fully saturated rings. The molecular formula is C13H17ClN2O2. The topological polar surface area (TPSA) is 61.4 Å². The normalized spacial score (nSPS) is 16.2. The number of aliphatic hydroxyl groups is 1. The molecule has 3 N–H and O–H groups in total. The van der Waals surface area contributed by atoms with Crippen molar-refractivity contribution in [1.82, 2.24) is 5.32 Å². The fourth-order valence-corrected chi connectivity index (χ4v) is 2.00. The van der Waals surface area contributed by atoms with Crippen LogP contribution in [0.5, 0.6) is 0 Å². The lowest BCUT2D eigenvalue weighted by molar-refractivity contribution is 0.206. The average Bonchev–Trinajstić information content (AvgIpc) is 3.11. The average molecular weight is 269 g/mol. The predicted molar refractivity (Wildman–Crippen MR) is 72.0 cm³/mol. The van der Waals surface area contributed by atoms with Crippen molar-refractivity contribution >= 4 is 23.3 Å². The van der Waals surface area contributed by atoms with Crippen molar-refractivity contribution in [3.8, 4) is 0 Å². The Labute approximate surface area is 111 Å². The van der Waals surface area contributed by atoms with Crippen LogP contribution in [0.25, 0.3) is 0 Å². The highest BCUT2D eigenvalue weighted by Gasteiger charge is 2.42. The number of amides is 2. The summed E-state index contributed by atoms with van der Waals surface area (Å²) >= 11 is 5.85. The molecule has 4 nitrogen and oxygen atoms in total. The van der Waals surface area contributed by atoms with Gasteiger partial charge in [-0.15, -0.1) is 0 Å². The van der Waals surface area contributed by atoms with E-state index in [0.717, 1.165) is 24.1 Å². The third kappa shape index (κ3) is 3.15. The number of anilines is 1. The highest BCUT2D eigenvalue weighted by Crippen LogP contribution is 2.44. The minimum absolute atomic E-state index is 0.0770. The van der Waals surface area contributed by atoms with Gasteiger partial charge in [-0.1, -0.05) is 11.6 Å². The third-order valence-electron chi connectivity index (χ3n) is 3.35. The number of nitrogens with one attached hydrogen (secondary N) is 2. The summed E-state index contributed by atoms with van der Waals surface area (Å²) in [6.45, 7) is 2.53. The van der Waals surface area contributed by atoms with Crippen molar-refractivity contribution in [1.29, 1.82) is 0 Å². The van der Waals surface area contributed by atoms with E-state index in [4.69, 9.17) is 16.7 Å². The maximum absolute atomic E-state index is 11.7. The second-order valence-electron chi connectivity index (χ2n) is 4.93. The highest BCUT2D eigenvalue weighted by molar-refractivity contribution is 6.30. The first-order valence-corrected chi connectivity index (χ1v) is 6.34. The first-order chi connectivity index (χ1) is 8.54. The van der Waals surface area contributed by atoms with E-state index in [1.165, 1.54) is 0 Å². The van der Waals surface area contributed by atoms with E-state index in [0.29, 0.717) is 11.6 Å². The summed E-state index contributed by atoms with van der Waals surface area (Å²) in [5.74, 6) is 0. The number of rotatable bonds is 4. The van der Waals surface area contributed by atoms with Crippen molar-refractivity contribution in [2.75, 3.05) is 18.5 Å². The van der Waals surface area contributed by atoms with Crippen LogP contribution in [0.2, 0.25) is 5.02 Å². The van der Waals surface area contributed by atoms with Crippen LogP contribution in [-0.2, 0) is 0 Å². The number of carbonyl (C=O) groups is 1. The molecule has 1 aromatic rings. The quantitative estimate of drug-likeness (QED) is 0.786. The van der Waals surface area contributed by atoms with Gasteiger partial charge in [0.2, 0.25) is 0 Å². The first-order valence-electron chi connectivity index (χ1n) is 5.97. The zero-order valence-corrected chi connectivity index (χ0v) is 11.0. The second-order valence-corrected chi connectivity index (χ2v) is 5.36. The van der Waals surface area contributed by atoms with Gasteiger partial charge in [-0.3, -0.25) is 0 Å². The Kier molecular flexibility index (Phi) is 3.78. The molecule has 1 aliphatic rings. The number of benzene rings is 1. The third-order valence-corrected chi connectivity index (χ3v) is 3.59. The van der Waals surface area contributed by atoms with Gasteiger partial charge in [-0.05, 0) is 43.5 Å². The van der Waals surface area contributed by atoms with Crippen molar-refractivity contribution in [2.45, 2.75) is 19.8 Å². The molecule has 1 aromatic carbocycles. The van der Waals surface area contributed by atoms with Crippen LogP contribution in [0.15, 0.2) is 18.2 Å². The Morgan fingerprint density at radius 2 is 2.22 bits per heavy atom. The van der Waals surface area contributed by atoms with E-state index < -0.39 is 0 Å². The fourth-order valence-electron chi connectivity index (χ4n) is 1.77. The molecule has 0 unspecified atom stereocenters. The molecule has 0 heterocycles. The van der Waals surface area contributed by atoms with E-state index >= 15 is 0 Å². The summed E-state index contributed by atoms with van der Waals surface area (Å²) in [6.07, 6.45) is 1.95. The van der Waals surface area contributed by atoms with Gasteiger partial charge in [-0.2, -0.15) is 0 Å². The molecule has 0 bridgehead atoms. The summed E-state index contributed by atoms with van der Waals surface area (Å²) < 4.78 is 0. The molecule has 1 saturated carbocycles. The maximum Gasteiger partial charge on any atom is 0.319 e. The van der Waals surface area contributed by atoms with Crippen molar-refractivity contribution in [2.24, 2.45) is 5.41 Å². The molecule has 0 aliphatic heterocycles. The Morgan fingerprint density at radius 1 is 1.50 bits per heavy atom. The molecule has 0 spiro atoms. The number of aryl methyl sites for hydroxylation is 1. The number of hydrogen-bond acceptors (Lipinski definition) is 2. The Morgan fingerprint density at radius 3 is 2.78 bits per heavy atom. The minimum atomic E-state index is -0.250. The van der Waals surface area contributed by atoms with Gasteiger partial charge in [-0.25, -0.2) is 4.79 Å². The van der Waals surface area contributed by atoms with Gasteiger partial charge in [0, 0.05) is 22.7 Å². The van der Waals surface area contributed by atoms with Gasteiger partial charge >= 0.3 is 6.03 Å². The first kappa shape index (κ1) is 13.2. The number of urea groups is 1. The van der Waals surface area contributed by atoms with Crippen molar-refractivity contribution in [3.05, 3.63) is 28.8 Å². The molecule has 2 rings (SSSR count). The molecule has 18 heavy (non-hydrogen) atoms. The van der Waals surface area contributed by atoms with E-state index in [1.807, 2.05) is 6.92 Å². The molecular weight excluding hydrogens is 252 g/mol. The summed E-state index contributed by atoms with van der Waals surface area (Å²) in [6, 6.07) is 5.06. The SMILES string of the molecule is Cc1cc(Cl)ccc1NC(=O)NCC1(CO)CC1. The minimum Gasteiger partial charge on any atom is -0.396 e. The Hall–Kier alpha value is -1.26. The zero-order chi connectivity index (χ0) is 13.2. The zero-order valence-electron chi connectivity index (χ0n) is 10.3. The highest BCUT2D eigenvalue weighted by atomic mass is 35.5. The fraction of sp³-hybridized carbons (Fsp3) is 0.462. The molecule has 1 aliphatic carbocycles. The van der Waals surface area contributed by atoms with Gasteiger partial charge in [0.1, 0.15) is 0 Å². The van der Waals surface area contributed by atoms with Crippen molar-refractivity contribution < 1.29 is 9.90 Å². The van der Waals surface area contributed by atoms with E-state index in [1.54, 1.807) is 18.2 Å². The second kappa shape index (κ2) is 5.16. The van der Waals surface area contributed by atoms with Gasteiger partial charge in [0.05, 0.1) is 6.61 Å². The molecule has 0 saturated heterocycles. The summed E-state index contributed by atoms with van der Waals surface area (Å²) in [4.78, 5) is 11.7. The van der Waals surface area contributed by atoms with E-state index in [9.17, 15) is 4.79 Å². The Bertz CT molecular complexity index is 458. The number of aliphatic hydroxyl groups excluding tert-OH is 1. The Balaban J connectivity index is 1.87. The van der Waals surface area contributed by atoms with Crippen molar-refractivity contribution in [3.63, 3.8) is 0 Å². The van der Waals surface area contributed by atoms with Gasteiger partial charge in [0.25, 0.3) is 0 Å². The molecule has 0 radical (unpaired) electrons. The monoisotopic (exact) mass is 268 g/mol. The van der Waals surface area contributed by atoms with Crippen LogP contribution < -0.4 is 10.6 Å². The molecule has 5 heteroatoms. The summed E-state index contributed by atoms with van der Waals surface area (Å²) in [7, 11) is 0. The van der Waals surface area contributed by atoms with Crippen LogP contribution >= 0.6 is 11.6 Å².